The van der Waals surface area contributed by atoms with Crippen LogP contribution in [0.4, 0.5) is 0 Å². The number of benzene rings is 2. The molecule has 0 bridgehead atoms. The van der Waals surface area contributed by atoms with Gasteiger partial charge in [-0.2, -0.15) is 0 Å². The second-order valence-electron chi connectivity index (χ2n) is 5.02. The number of carboxylic acid groups (broad SMARTS) is 2. The molecule has 2 N–H and O–H groups in total. The summed E-state index contributed by atoms with van der Waals surface area (Å²) in [4.78, 5) is 22.0. The van der Waals surface area contributed by atoms with Gasteiger partial charge >= 0.3 is 11.9 Å². The van der Waals surface area contributed by atoms with E-state index in [1.807, 2.05) is 25.1 Å². The maximum absolute atomic E-state index is 11.0. The zero-order valence-corrected chi connectivity index (χ0v) is 11.8. The van der Waals surface area contributed by atoms with Crippen LogP contribution in [0.5, 0.6) is 0 Å². The predicted octanol–water partition coefficient (Wildman–Crippen LogP) is 3.55. The van der Waals surface area contributed by atoms with Crippen molar-refractivity contribution in [3.8, 4) is 11.1 Å². The highest BCUT2D eigenvalue weighted by molar-refractivity contribution is 5.89. The highest BCUT2D eigenvalue weighted by atomic mass is 16.4. The normalized spacial score (nSPS) is 11.9. The summed E-state index contributed by atoms with van der Waals surface area (Å²) in [5.74, 6) is -2.40. The van der Waals surface area contributed by atoms with Gasteiger partial charge in [0, 0.05) is 0 Å². The molecule has 0 aliphatic carbocycles. The van der Waals surface area contributed by atoms with Crippen molar-refractivity contribution in [1.82, 2.24) is 0 Å². The first-order valence-corrected chi connectivity index (χ1v) is 6.57. The summed E-state index contributed by atoms with van der Waals surface area (Å²) >= 11 is 0. The third-order valence-corrected chi connectivity index (χ3v) is 3.54. The van der Waals surface area contributed by atoms with E-state index in [0.29, 0.717) is 0 Å². The molecule has 2 rings (SSSR count). The first-order chi connectivity index (χ1) is 9.90. The van der Waals surface area contributed by atoms with Crippen LogP contribution in [0.3, 0.4) is 0 Å². The van der Waals surface area contributed by atoms with E-state index < -0.39 is 17.9 Å². The third-order valence-electron chi connectivity index (χ3n) is 3.54. The summed E-state index contributed by atoms with van der Waals surface area (Å²) in [6.45, 7) is 3.53. The third kappa shape index (κ3) is 3.11. The second-order valence-corrected chi connectivity index (χ2v) is 5.02. The van der Waals surface area contributed by atoms with Gasteiger partial charge in [0.1, 0.15) is 0 Å². The minimum absolute atomic E-state index is 0.231. The molecule has 2 aromatic carbocycles. The van der Waals surface area contributed by atoms with E-state index in [1.165, 1.54) is 0 Å². The number of aryl methyl sites for hydroxylation is 1. The van der Waals surface area contributed by atoms with Crippen molar-refractivity contribution >= 4 is 11.9 Å². The van der Waals surface area contributed by atoms with E-state index in [4.69, 9.17) is 10.2 Å². The van der Waals surface area contributed by atoms with Gasteiger partial charge in [-0.15, -0.1) is 0 Å². The quantitative estimate of drug-likeness (QED) is 0.900. The molecule has 1 unspecified atom stereocenters. The standard InChI is InChI=1S/C17H16O4/c1-10-8-12(11(2)16(18)19)6-7-15(10)13-4-3-5-14(9-13)17(20)21/h3-9,11H,1-2H3,(H,18,19)(H,20,21). The van der Waals surface area contributed by atoms with Crippen molar-refractivity contribution in [2.24, 2.45) is 0 Å². The molecule has 0 saturated heterocycles. The Bertz CT molecular complexity index is 704. The molecular weight excluding hydrogens is 268 g/mol. The van der Waals surface area contributed by atoms with Crippen LogP contribution in [0.25, 0.3) is 11.1 Å². The van der Waals surface area contributed by atoms with Crippen LogP contribution in [0.1, 0.15) is 34.3 Å². The van der Waals surface area contributed by atoms with Crippen molar-refractivity contribution in [3.05, 3.63) is 59.2 Å². The minimum Gasteiger partial charge on any atom is -0.481 e. The predicted molar refractivity (Wildman–Crippen MR) is 79.6 cm³/mol. The van der Waals surface area contributed by atoms with Gasteiger partial charge in [0.15, 0.2) is 0 Å². The van der Waals surface area contributed by atoms with Gasteiger partial charge in [-0.25, -0.2) is 4.79 Å². The van der Waals surface area contributed by atoms with E-state index in [-0.39, 0.29) is 5.56 Å². The molecule has 0 fully saturated rings. The molecule has 21 heavy (non-hydrogen) atoms. The Kier molecular flexibility index (Phi) is 4.08. The zero-order valence-electron chi connectivity index (χ0n) is 11.8. The summed E-state index contributed by atoms with van der Waals surface area (Å²) in [6.07, 6.45) is 0. The van der Waals surface area contributed by atoms with Crippen molar-refractivity contribution < 1.29 is 19.8 Å². The monoisotopic (exact) mass is 284 g/mol. The Morgan fingerprint density at radius 3 is 2.33 bits per heavy atom. The Labute approximate surface area is 122 Å². The van der Waals surface area contributed by atoms with Crippen LogP contribution in [0.2, 0.25) is 0 Å². The minimum atomic E-state index is -0.967. The van der Waals surface area contributed by atoms with Crippen molar-refractivity contribution in [3.63, 3.8) is 0 Å². The van der Waals surface area contributed by atoms with Crippen molar-refractivity contribution in [2.45, 2.75) is 19.8 Å². The number of carbonyl (C=O) groups is 2. The van der Waals surface area contributed by atoms with Gasteiger partial charge in [0.2, 0.25) is 0 Å². The van der Waals surface area contributed by atoms with Gasteiger partial charge in [-0.3, -0.25) is 4.79 Å². The van der Waals surface area contributed by atoms with Crippen LogP contribution in [0, 0.1) is 6.92 Å². The summed E-state index contributed by atoms with van der Waals surface area (Å²) < 4.78 is 0. The van der Waals surface area contributed by atoms with Crippen LogP contribution >= 0.6 is 0 Å². The molecule has 0 spiro atoms. The fraction of sp³-hybridized carbons (Fsp3) is 0.176. The van der Waals surface area contributed by atoms with Gasteiger partial charge in [-0.1, -0.05) is 30.3 Å². The number of hydrogen-bond donors (Lipinski definition) is 2. The van der Waals surface area contributed by atoms with E-state index in [9.17, 15) is 9.59 Å². The molecule has 0 aliphatic rings. The molecule has 4 heteroatoms. The van der Waals surface area contributed by atoms with Gasteiger partial charge < -0.3 is 10.2 Å². The molecular formula is C17H16O4. The SMILES string of the molecule is Cc1cc(C(C)C(=O)O)ccc1-c1cccc(C(=O)O)c1. The lowest BCUT2D eigenvalue weighted by Crippen LogP contribution is -2.07. The molecule has 0 saturated carbocycles. The molecule has 0 aromatic heterocycles. The smallest absolute Gasteiger partial charge is 0.335 e. The summed E-state index contributed by atoms with van der Waals surface area (Å²) in [5.41, 5.74) is 3.59. The van der Waals surface area contributed by atoms with E-state index in [0.717, 1.165) is 22.3 Å². The van der Waals surface area contributed by atoms with Crippen molar-refractivity contribution in [1.29, 1.82) is 0 Å². The molecule has 108 valence electrons. The Morgan fingerprint density at radius 2 is 1.76 bits per heavy atom. The van der Waals surface area contributed by atoms with E-state index in [1.54, 1.807) is 31.2 Å². The molecule has 1 atom stereocenters. The maximum Gasteiger partial charge on any atom is 0.335 e. The van der Waals surface area contributed by atoms with Crippen LogP contribution in [-0.2, 0) is 4.79 Å². The maximum atomic E-state index is 11.0. The molecule has 0 amide bonds. The number of aromatic carboxylic acids is 1. The van der Waals surface area contributed by atoms with Gasteiger partial charge in [-0.05, 0) is 48.2 Å². The first kappa shape index (κ1) is 14.8. The average molecular weight is 284 g/mol. The second kappa shape index (κ2) is 5.79. The fourth-order valence-corrected chi connectivity index (χ4v) is 2.24. The Morgan fingerprint density at radius 1 is 1.05 bits per heavy atom. The Balaban J connectivity index is 2.44. The van der Waals surface area contributed by atoms with E-state index >= 15 is 0 Å². The first-order valence-electron chi connectivity index (χ1n) is 6.57. The largest absolute Gasteiger partial charge is 0.481 e. The number of hydrogen-bond acceptors (Lipinski definition) is 2. The summed E-state index contributed by atoms with van der Waals surface area (Å²) in [5, 5.41) is 18.1. The molecule has 0 aliphatic heterocycles. The highest BCUT2D eigenvalue weighted by Gasteiger charge is 2.15. The molecule has 4 nitrogen and oxygen atoms in total. The summed E-state index contributed by atoms with van der Waals surface area (Å²) in [6, 6.07) is 12.1. The zero-order chi connectivity index (χ0) is 15.6. The lowest BCUT2D eigenvalue weighted by atomic mass is 9.93. The molecule has 0 radical (unpaired) electrons. The van der Waals surface area contributed by atoms with Crippen LogP contribution in [0.15, 0.2) is 42.5 Å². The van der Waals surface area contributed by atoms with Crippen LogP contribution < -0.4 is 0 Å². The number of carboxylic acids is 2. The fourth-order valence-electron chi connectivity index (χ4n) is 2.24. The highest BCUT2D eigenvalue weighted by Crippen LogP contribution is 2.27. The lowest BCUT2D eigenvalue weighted by Gasteiger charge is -2.12. The number of aliphatic carboxylic acids is 1. The lowest BCUT2D eigenvalue weighted by molar-refractivity contribution is -0.138. The van der Waals surface area contributed by atoms with Crippen LogP contribution in [-0.4, -0.2) is 22.2 Å². The van der Waals surface area contributed by atoms with E-state index in [2.05, 4.69) is 0 Å². The van der Waals surface area contributed by atoms with Gasteiger partial charge in [0.05, 0.1) is 11.5 Å². The van der Waals surface area contributed by atoms with Crippen molar-refractivity contribution in [2.75, 3.05) is 0 Å². The van der Waals surface area contributed by atoms with Gasteiger partial charge in [0.25, 0.3) is 0 Å². The molecule has 0 heterocycles. The topological polar surface area (TPSA) is 74.6 Å². The molecule has 2 aromatic rings. The summed E-state index contributed by atoms with van der Waals surface area (Å²) in [7, 11) is 0. The average Bonchev–Trinajstić information content (AvgIpc) is 2.46. The Hall–Kier alpha value is -2.62. The number of rotatable bonds is 4.